The molecule has 1 aliphatic heterocycles. The molecule has 1 fully saturated rings. The van der Waals surface area contributed by atoms with Crippen LogP contribution in [-0.4, -0.2) is 33.3 Å². The average molecular weight is 349 g/mol. The van der Waals surface area contributed by atoms with Gasteiger partial charge in [0.25, 0.3) is 0 Å². The molecule has 6 heteroatoms. The van der Waals surface area contributed by atoms with Crippen LogP contribution in [0.3, 0.4) is 0 Å². The molecule has 0 bridgehead atoms. The molecule has 0 aliphatic carbocycles. The largest absolute Gasteiger partial charge is 0.309 e. The van der Waals surface area contributed by atoms with E-state index in [1.165, 1.54) is 43.7 Å². The summed E-state index contributed by atoms with van der Waals surface area (Å²) >= 11 is 3.44. The van der Waals surface area contributed by atoms with E-state index in [4.69, 9.17) is 0 Å². The Balaban J connectivity index is 1.77. The van der Waals surface area contributed by atoms with E-state index >= 15 is 0 Å². The SMILES string of the molecule is Brc1ccc(-n2nnnc2/C=C/[NH+]2CCCCCC2)cc1. The van der Waals surface area contributed by atoms with Crippen molar-refractivity contribution in [1.29, 1.82) is 0 Å². The quantitative estimate of drug-likeness (QED) is 0.920. The van der Waals surface area contributed by atoms with Crippen LogP contribution in [0.25, 0.3) is 11.8 Å². The molecule has 0 atom stereocenters. The highest BCUT2D eigenvalue weighted by atomic mass is 79.9. The molecule has 0 radical (unpaired) electrons. The Kier molecular flexibility index (Phi) is 4.77. The van der Waals surface area contributed by atoms with E-state index in [9.17, 15) is 0 Å². The second kappa shape index (κ2) is 6.95. The molecule has 2 heterocycles. The van der Waals surface area contributed by atoms with E-state index in [1.54, 1.807) is 4.68 Å². The number of nitrogens with one attached hydrogen (secondary N) is 1. The highest BCUT2D eigenvalue weighted by Gasteiger charge is 2.11. The first kappa shape index (κ1) is 14.4. The van der Waals surface area contributed by atoms with Gasteiger partial charge >= 0.3 is 0 Å². The molecule has 0 saturated carbocycles. The number of nitrogens with zero attached hydrogens (tertiary/aromatic N) is 4. The molecular formula is C15H19BrN5+. The summed E-state index contributed by atoms with van der Waals surface area (Å²) in [6.45, 7) is 2.41. The minimum absolute atomic E-state index is 0.772. The van der Waals surface area contributed by atoms with Crippen molar-refractivity contribution in [2.45, 2.75) is 25.7 Å². The van der Waals surface area contributed by atoms with Crippen molar-refractivity contribution in [3.8, 4) is 5.69 Å². The van der Waals surface area contributed by atoms with Crippen LogP contribution in [0.4, 0.5) is 0 Å². The lowest BCUT2D eigenvalue weighted by atomic mass is 10.2. The second-order valence-corrected chi connectivity index (χ2v) is 6.25. The molecule has 21 heavy (non-hydrogen) atoms. The molecule has 0 unspecified atom stereocenters. The van der Waals surface area contributed by atoms with E-state index < -0.39 is 0 Å². The number of quaternary nitrogens is 1. The summed E-state index contributed by atoms with van der Waals surface area (Å²) in [7, 11) is 0. The number of halogens is 1. The predicted octanol–water partition coefficient (Wildman–Crippen LogP) is 1.85. The van der Waals surface area contributed by atoms with Gasteiger partial charge in [-0.2, -0.15) is 4.68 Å². The summed E-state index contributed by atoms with van der Waals surface area (Å²) in [5.74, 6) is 0.772. The number of hydrogen-bond acceptors (Lipinski definition) is 3. The van der Waals surface area contributed by atoms with Gasteiger partial charge in [-0.3, -0.25) is 0 Å². The first-order valence-corrected chi connectivity index (χ1v) is 8.19. The van der Waals surface area contributed by atoms with Gasteiger partial charge in [0.05, 0.1) is 25.0 Å². The maximum Gasteiger partial charge on any atom is 0.185 e. The van der Waals surface area contributed by atoms with Gasteiger partial charge in [0.1, 0.15) is 0 Å². The van der Waals surface area contributed by atoms with Crippen LogP contribution in [0.2, 0.25) is 0 Å². The summed E-state index contributed by atoms with van der Waals surface area (Å²) in [4.78, 5) is 1.51. The number of tetrazole rings is 1. The molecule has 1 saturated heterocycles. The van der Waals surface area contributed by atoms with E-state index in [0.717, 1.165) is 16.0 Å². The molecule has 1 aromatic heterocycles. The van der Waals surface area contributed by atoms with Crippen LogP contribution in [0.15, 0.2) is 34.9 Å². The molecule has 0 spiro atoms. The lowest BCUT2D eigenvalue weighted by molar-refractivity contribution is -0.845. The van der Waals surface area contributed by atoms with Crippen LogP contribution < -0.4 is 4.90 Å². The van der Waals surface area contributed by atoms with Crippen molar-refractivity contribution < 1.29 is 4.90 Å². The van der Waals surface area contributed by atoms with Crippen LogP contribution >= 0.6 is 15.9 Å². The van der Waals surface area contributed by atoms with Gasteiger partial charge in [-0.1, -0.05) is 15.9 Å². The molecule has 110 valence electrons. The zero-order chi connectivity index (χ0) is 14.5. The van der Waals surface area contributed by atoms with E-state index in [0.29, 0.717) is 0 Å². The third-order valence-electron chi connectivity index (χ3n) is 3.78. The Labute approximate surface area is 132 Å². The smallest absolute Gasteiger partial charge is 0.185 e. The van der Waals surface area contributed by atoms with Gasteiger partial charge in [0.15, 0.2) is 5.82 Å². The van der Waals surface area contributed by atoms with E-state index in [-0.39, 0.29) is 0 Å². The zero-order valence-corrected chi connectivity index (χ0v) is 13.5. The van der Waals surface area contributed by atoms with Gasteiger partial charge in [0, 0.05) is 10.5 Å². The van der Waals surface area contributed by atoms with Crippen LogP contribution in [-0.2, 0) is 0 Å². The normalized spacial score (nSPS) is 17.2. The van der Waals surface area contributed by atoms with Crippen molar-refractivity contribution in [3.05, 3.63) is 40.8 Å². The maximum atomic E-state index is 4.11. The maximum absolute atomic E-state index is 4.11. The number of rotatable bonds is 3. The van der Waals surface area contributed by atoms with Crippen molar-refractivity contribution in [2.75, 3.05) is 13.1 Å². The summed E-state index contributed by atoms with van der Waals surface area (Å²) in [6.07, 6.45) is 9.55. The number of hydrogen-bond donors (Lipinski definition) is 1. The molecule has 1 aliphatic rings. The Morgan fingerprint density at radius 2 is 1.76 bits per heavy atom. The summed E-state index contributed by atoms with van der Waals surface area (Å²) < 4.78 is 2.81. The highest BCUT2D eigenvalue weighted by molar-refractivity contribution is 9.10. The topological polar surface area (TPSA) is 48.0 Å². The Bertz CT molecular complexity index is 597. The molecule has 5 nitrogen and oxygen atoms in total. The monoisotopic (exact) mass is 348 g/mol. The third-order valence-corrected chi connectivity index (χ3v) is 4.31. The van der Waals surface area contributed by atoms with E-state index in [1.807, 2.05) is 30.3 Å². The van der Waals surface area contributed by atoms with Gasteiger partial charge in [0.2, 0.25) is 0 Å². The Morgan fingerprint density at radius 1 is 1.05 bits per heavy atom. The summed E-state index contributed by atoms with van der Waals surface area (Å²) in [5.41, 5.74) is 0.966. The third kappa shape index (κ3) is 3.77. The molecular weight excluding hydrogens is 330 g/mol. The molecule has 3 rings (SSSR count). The van der Waals surface area contributed by atoms with Crippen molar-refractivity contribution in [1.82, 2.24) is 20.2 Å². The molecule has 2 aromatic rings. The first-order chi connectivity index (χ1) is 10.3. The van der Waals surface area contributed by atoms with E-state index in [2.05, 4.69) is 37.7 Å². The van der Waals surface area contributed by atoms with Crippen molar-refractivity contribution in [3.63, 3.8) is 0 Å². The standard InChI is InChI=1S/C15H18BrN5/c16-13-5-7-14(8-6-13)21-15(17-18-19-21)9-12-20-10-3-1-2-4-11-20/h5-9,12H,1-4,10-11H2/p+1/b12-9+. The van der Waals surface area contributed by atoms with Crippen molar-refractivity contribution >= 4 is 22.0 Å². The number of aromatic nitrogens is 4. The lowest BCUT2D eigenvalue weighted by Crippen LogP contribution is -3.07. The Morgan fingerprint density at radius 3 is 2.48 bits per heavy atom. The fourth-order valence-corrected chi connectivity index (χ4v) is 2.87. The van der Waals surface area contributed by atoms with Gasteiger partial charge in [-0.15, -0.1) is 5.10 Å². The van der Waals surface area contributed by atoms with Crippen LogP contribution in [0, 0.1) is 0 Å². The summed E-state index contributed by atoms with van der Waals surface area (Å²) in [6, 6.07) is 7.97. The predicted molar refractivity (Wildman–Crippen MR) is 85.1 cm³/mol. The van der Waals surface area contributed by atoms with Crippen LogP contribution in [0.5, 0.6) is 0 Å². The molecule has 1 N–H and O–H groups in total. The minimum Gasteiger partial charge on any atom is -0.309 e. The van der Waals surface area contributed by atoms with Gasteiger partial charge < -0.3 is 4.90 Å². The number of benzene rings is 1. The first-order valence-electron chi connectivity index (χ1n) is 7.40. The highest BCUT2D eigenvalue weighted by Crippen LogP contribution is 2.14. The fraction of sp³-hybridized carbons (Fsp3) is 0.400. The van der Waals surface area contributed by atoms with Gasteiger partial charge in [-0.25, -0.2) is 0 Å². The fourth-order valence-electron chi connectivity index (χ4n) is 2.61. The molecule has 1 aromatic carbocycles. The van der Waals surface area contributed by atoms with Gasteiger partial charge in [-0.05, 0) is 60.4 Å². The zero-order valence-electron chi connectivity index (χ0n) is 11.9. The second-order valence-electron chi connectivity index (χ2n) is 5.33. The number of likely N-dealkylation sites (tertiary alicyclic amines) is 1. The van der Waals surface area contributed by atoms with Crippen molar-refractivity contribution in [2.24, 2.45) is 0 Å². The molecule has 0 amide bonds. The minimum atomic E-state index is 0.772. The Hall–Kier alpha value is -1.53. The summed E-state index contributed by atoms with van der Waals surface area (Å²) in [5, 5.41) is 12.0. The van der Waals surface area contributed by atoms with Crippen LogP contribution in [0.1, 0.15) is 31.5 Å². The average Bonchev–Trinajstić information content (AvgIpc) is 2.81. The lowest BCUT2D eigenvalue weighted by Gasteiger charge is -2.10.